The zero-order valence-electron chi connectivity index (χ0n) is 8.34. The van der Waals surface area contributed by atoms with Gasteiger partial charge in [-0.2, -0.15) is 13.2 Å². The quantitative estimate of drug-likeness (QED) is 0.829. The number of hydrogen-bond acceptors (Lipinski definition) is 1. The zero-order chi connectivity index (χ0) is 11.8. The van der Waals surface area contributed by atoms with Crippen LogP contribution in [0.3, 0.4) is 0 Å². The molecule has 0 aromatic heterocycles. The Morgan fingerprint density at radius 1 is 1.25 bits per heavy atom. The summed E-state index contributed by atoms with van der Waals surface area (Å²) in [6, 6.07) is 5.00. The number of carbonyl (C=O) groups excluding carboxylic acids is 1. The molecule has 0 radical (unpaired) electrons. The minimum atomic E-state index is -4.44. The van der Waals surface area contributed by atoms with Crippen molar-refractivity contribution >= 4 is 11.6 Å². The molecule has 1 N–H and O–H groups in total. The third-order valence-electron chi connectivity index (χ3n) is 2.44. The maximum absolute atomic E-state index is 12.6. The second-order valence-corrected chi connectivity index (χ2v) is 3.81. The minimum Gasteiger partial charge on any atom is -0.325 e. The second kappa shape index (κ2) is 3.81. The molecule has 1 amide bonds. The van der Waals surface area contributed by atoms with Crippen molar-refractivity contribution in [2.75, 3.05) is 5.32 Å². The topological polar surface area (TPSA) is 29.1 Å². The summed E-state index contributed by atoms with van der Waals surface area (Å²) in [7, 11) is 0. The molecule has 5 heteroatoms. The van der Waals surface area contributed by atoms with Crippen molar-refractivity contribution in [2.24, 2.45) is 5.92 Å². The highest BCUT2D eigenvalue weighted by Gasteiger charge is 2.35. The lowest BCUT2D eigenvalue weighted by Crippen LogP contribution is -2.17. The summed E-state index contributed by atoms with van der Waals surface area (Å²) in [6.07, 6.45) is -2.91. The standard InChI is InChI=1S/C11H10F3NO/c12-11(13,14)8-3-1-2-4-9(8)15-10(16)7-5-6-7/h1-4,7H,5-6H2,(H,15,16). The number of hydrogen-bond donors (Lipinski definition) is 1. The van der Waals surface area contributed by atoms with Gasteiger partial charge in [-0.3, -0.25) is 4.79 Å². The first-order valence-corrected chi connectivity index (χ1v) is 4.95. The summed E-state index contributed by atoms with van der Waals surface area (Å²) in [5, 5.41) is 2.32. The van der Waals surface area contributed by atoms with E-state index < -0.39 is 11.7 Å². The summed E-state index contributed by atoms with van der Waals surface area (Å²) < 4.78 is 37.7. The first kappa shape index (κ1) is 11.0. The van der Waals surface area contributed by atoms with Gasteiger partial charge in [0.25, 0.3) is 0 Å². The summed E-state index contributed by atoms with van der Waals surface area (Å²) in [5.74, 6) is -0.432. The average Bonchev–Trinajstić information content (AvgIpc) is 2.99. The van der Waals surface area contributed by atoms with Crippen molar-refractivity contribution in [3.63, 3.8) is 0 Å². The van der Waals surface area contributed by atoms with Gasteiger partial charge in [0.05, 0.1) is 11.3 Å². The molecule has 2 nitrogen and oxygen atoms in total. The van der Waals surface area contributed by atoms with Gasteiger partial charge in [-0.1, -0.05) is 12.1 Å². The Hall–Kier alpha value is -1.52. The maximum Gasteiger partial charge on any atom is 0.418 e. The molecule has 1 aromatic carbocycles. The molecule has 1 aliphatic carbocycles. The van der Waals surface area contributed by atoms with Crippen LogP contribution in [0.1, 0.15) is 18.4 Å². The molecule has 86 valence electrons. The zero-order valence-corrected chi connectivity index (χ0v) is 8.34. The maximum atomic E-state index is 12.6. The molecule has 1 fully saturated rings. The SMILES string of the molecule is O=C(Nc1ccccc1C(F)(F)F)C1CC1. The van der Waals surface area contributed by atoms with E-state index in [0.717, 1.165) is 18.9 Å². The van der Waals surface area contributed by atoms with Crippen LogP contribution in [0.15, 0.2) is 24.3 Å². The largest absolute Gasteiger partial charge is 0.418 e. The van der Waals surface area contributed by atoms with Crippen LogP contribution >= 0.6 is 0 Å². The lowest BCUT2D eigenvalue weighted by atomic mass is 10.1. The van der Waals surface area contributed by atoms with Gasteiger partial charge in [-0.15, -0.1) is 0 Å². The van der Waals surface area contributed by atoms with Crippen LogP contribution in [0.4, 0.5) is 18.9 Å². The molecule has 0 saturated heterocycles. The number of alkyl halides is 3. The van der Waals surface area contributed by atoms with Crippen LogP contribution in [0, 0.1) is 5.92 Å². The van der Waals surface area contributed by atoms with Crippen molar-refractivity contribution < 1.29 is 18.0 Å². The third kappa shape index (κ3) is 2.35. The number of para-hydroxylation sites is 1. The molecular weight excluding hydrogens is 219 g/mol. The van der Waals surface area contributed by atoms with Crippen LogP contribution in [0.25, 0.3) is 0 Å². The molecule has 2 rings (SSSR count). The van der Waals surface area contributed by atoms with E-state index in [2.05, 4.69) is 5.32 Å². The predicted octanol–water partition coefficient (Wildman–Crippen LogP) is 3.05. The van der Waals surface area contributed by atoms with Crippen molar-refractivity contribution in [2.45, 2.75) is 19.0 Å². The highest BCUT2D eigenvalue weighted by molar-refractivity contribution is 5.94. The highest BCUT2D eigenvalue weighted by atomic mass is 19.4. The van der Waals surface area contributed by atoms with E-state index in [1.54, 1.807) is 0 Å². The van der Waals surface area contributed by atoms with E-state index in [9.17, 15) is 18.0 Å². The van der Waals surface area contributed by atoms with E-state index in [4.69, 9.17) is 0 Å². The summed E-state index contributed by atoms with van der Waals surface area (Å²) >= 11 is 0. The molecule has 0 unspecified atom stereocenters. The minimum absolute atomic E-state index is 0.110. The molecule has 0 bridgehead atoms. The Kier molecular flexibility index (Phi) is 2.61. The Morgan fingerprint density at radius 3 is 2.44 bits per heavy atom. The van der Waals surface area contributed by atoms with Gasteiger partial charge in [0, 0.05) is 5.92 Å². The van der Waals surface area contributed by atoms with Gasteiger partial charge in [0.2, 0.25) is 5.91 Å². The van der Waals surface area contributed by atoms with Crippen molar-refractivity contribution in [1.29, 1.82) is 0 Å². The van der Waals surface area contributed by atoms with Crippen molar-refractivity contribution in [3.05, 3.63) is 29.8 Å². The van der Waals surface area contributed by atoms with Gasteiger partial charge in [0.1, 0.15) is 0 Å². The van der Waals surface area contributed by atoms with E-state index in [0.29, 0.717) is 0 Å². The number of anilines is 1. The van der Waals surface area contributed by atoms with Crippen LogP contribution in [-0.4, -0.2) is 5.91 Å². The van der Waals surface area contributed by atoms with Crippen LogP contribution in [-0.2, 0) is 11.0 Å². The number of rotatable bonds is 2. The first-order valence-electron chi connectivity index (χ1n) is 4.95. The monoisotopic (exact) mass is 229 g/mol. The van der Waals surface area contributed by atoms with E-state index >= 15 is 0 Å². The molecule has 0 aliphatic heterocycles. The van der Waals surface area contributed by atoms with Crippen molar-refractivity contribution in [3.8, 4) is 0 Å². The van der Waals surface area contributed by atoms with Gasteiger partial charge < -0.3 is 5.32 Å². The predicted molar refractivity (Wildman–Crippen MR) is 52.8 cm³/mol. The molecular formula is C11H10F3NO. The lowest BCUT2D eigenvalue weighted by Gasteiger charge is -2.13. The lowest BCUT2D eigenvalue weighted by molar-refractivity contribution is -0.137. The number of nitrogens with one attached hydrogen (secondary N) is 1. The fourth-order valence-corrected chi connectivity index (χ4v) is 1.42. The Labute approximate surface area is 90.5 Å². The molecule has 1 aromatic rings. The Balaban J connectivity index is 2.22. The fraction of sp³-hybridized carbons (Fsp3) is 0.364. The number of benzene rings is 1. The Bertz CT molecular complexity index is 410. The van der Waals surface area contributed by atoms with Gasteiger partial charge >= 0.3 is 6.18 Å². The summed E-state index contributed by atoms with van der Waals surface area (Å²) in [4.78, 5) is 11.4. The van der Waals surface area contributed by atoms with E-state index in [1.165, 1.54) is 18.2 Å². The summed E-state index contributed by atoms with van der Waals surface area (Å²) in [6.45, 7) is 0. The molecule has 0 atom stereocenters. The van der Waals surface area contributed by atoms with Crippen LogP contribution in [0.2, 0.25) is 0 Å². The second-order valence-electron chi connectivity index (χ2n) is 3.81. The number of halogens is 3. The van der Waals surface area contributed by atoms with Crippen LogP contribution < -0.4 is 5.32 Å². The molecule has 0 heterocycles. The van der Waals surface area contributed by atoms with Gasteiger partial charge in [-0.25, -0.2) is 0 Å². The van der Waals surface area contributed by atoms with E-state index in [1.807, 2.05) is 0 Å². The Morgan fingerprint density at radius 2 is 1.88 bits per heavy atom. The third-order valence-corrected chi connectivity index (χ3v) is 2.44. The summed E-state index contributed by atoms with van der Waals surface area (Å²) in [5.41, 5.74) is -0.962. The normalized spacial score (nSPS) is 15.9. The highest BCUT2D eigenvalue weighted by Crippen LogP contribution is 2.36. The van der Waals surface area contributed by atoms with Gasteiger partial charge in [-0.05, 0) is 25.0 Å². The van der Waals surface area contributed by atoms with Gasteiger partial charge in [0.15, 0.2) is 0 Å². The van der Waals surface area contributed by atoms with E-state index in [-0.39, 0.29) is 17.5 Å². The van der Waals surface area contributed by atoms with Crippen LogP contribution in [0.5, 0.6) is 0 Å². The van der Waals surface area contributed by atoms with Crippen molar-refractivity contribution in [1.82, 2.24) is 0 Å². The molecule has 1 aliphatic rings. The molecule has 16 heavy (non-hydrogen) atoms. The molecule has 1 saturated carbocycles. The fourth-order valence-electron chi connectivity index (χ4n) is 1.42. The molecule has 0 spiro atoms. The smallest absolute Gasteiger partial charge is 0.325 e. The number of carbonyl (C=O) groups is 1. The average molecular weight is 229 g/mol. The number of amides is 1. The first-order chi connectivity index (χ1) is 7.48.